The lowest BCUT2D eigenvalue weighted by molar-refractivity contribution is -0.134. The van der Waals surface area contributed by atoms with Crippen molar-refractivity contribution in [2.75, 3.05) is 44.5 Å². The van der Waals surface area contributed by atoms with Gasteiger partial charge in [-0.05, 0) is 59.8 Å². The predicted molar refractivity (Wildman–Crippen MR) is 153 cm³/mol. The number of aliphatic hydroxyl groups excluding tert-OH is 1. The number of aliphatic hydroxyl groups is 1. The normalized spacial score (nSPS) is 17.5. The molecule has 1 aliphatic rings. The number of likely N-dealkylation sites (N-methyl/N-ethyl adjacent to an activating group) is 1. The van der Waals surface area contributed by atoms with Gasteiger partial charge in [0.15, 0.2) is 0 Å². The molecule has 14 nitrogen and oxygen atoms in total. The molecule has 2 aromatic carbocycles. The highest BCUT2D eigenvalue weighted by atomic mass is 16.5. The maximum atomic E-state index is 13.4. The number of ether oxygens (including phenoxy) is 2. The Morgan fingerprint density at radius 1 is 1.19 bits per heavy atom. The number of nitrogens with one attached hydrogen (secondary N) is 2. The van der Waals surface area contributed by atoms with Gasteiger partial charge in [0.2, 0.25) is 11.8 Å². The van der Waals surface area contributed by atoms with Crippen molar-refractivity contribution in [3.05, 3.63) is 54.4 Å². The molecule has 0 saturated heterocycles. The maximum Gasteiger partial charge on any atom is 0.321 e. The molecule has 3 aromatic rings. The van der Waals surface area contributed by atoms with Crippen molar-refractivity contribution in [3.63, 3.8) is 0 Å². The van der Waals surface area contributed by atoms with Gasteiger partial charge in [-0.25, -0.2) is 9.48 Å². The zero-order valence-corrected chi connectivity index (χ0v) is 24.1. The Balaban J connectivity index is 1.54. The van der Waals surface area contributed by atoms with Crippen LogP contribution in [0.4, 0.5) is 16.2 Å². The van der Waals surface area contributed by atoms with Crippen molar-refractivity contribution in [3.8, 4) is 11.5 Å². The average molecular weight is 581 g/mol. The molecule has 0 saturated carbocycles. The zero-order valence-electron chi connectivity index (χ0n) is 24.1. The van der Waals surface area contributed by atoms with E-state index in [0.717, 1.165) is 0 Å². The fourth-order valence-corrected chi connectivity index (χ4v) is 4.57. The summed E-state index contributed by atoms with van der Waals surface area (Å²) in [6.45, 7) is 4.00. The van der Waals surface area contributed by atoms with Crippen LogP contribution in [-0.4, -0.2) is 99.0 Å². The van der Waals surface area contributed by atoms with Gasteiger partial charge in [0, 0.05) is 36.4 Å². The first-order valence-electron chi connectivity index (χ1n) is 13.5. The van der Waals surface area contributed by atoms with Crippen LogP contribution in [0.15, 0.2) is 48.8 Å². The second-order valence-corrected chi connectivity index (χ2v) is 10.3. The average Bonchev–Trinajstić information content (AvgIpc) is 3.49. The van der Waals surface area contributed by atoms with Gasteiger partial charge in [0.25, 0.3) is 0 Å². The molecule has 3 N–H and O–H groups in total. The van der Waals surface area contributed by atoms with E-state index in [9.17, 15) is 19.5 Å². The Morgan fingerprint density at radius 3 is 2.60 bits per heavy atom. The van der Waals surface area contributed by atoms with E-state index in [-0.39, 0.29) is 49.9 Å². The first-order valence-corrected chi connectivity index (χ1v) is 13.5. The van der Waals surface area contributed by atoms with Gasteiger partial charge in [-0.3, -0.25) is 9.59 Å². The second-order valence-electron chi connectivity index (χ2n) is 10.3. The highest BCUT2D eigenvalue weighted by Gasteiger charge is 2.32. The van der Waals surface area contributed by atoms with Gasteiger partial charge < -0.3 is 35.0 Å². The number of rotatable bonds is 9. The number of hydrogen-bond acceptors (Lipinski definition) is 9. The van der Waals surface area contributed by atoms with Crippen LogP contribution in [0.1, 0.15) is 19.4 Å². The van der Waals surface area contributed by atoms with E-state index in [4.69, 9.17) is 9.47 Å². The molecular formula is C28H36N8O6. The molecule has 4 rings (SSSR count). The lowest BCUT2D eigenvalue weighted by Crippen LogP contribution is -2.48. The molecule has 0 fully saturated rings. The van der Waals surface area contributed by atoms with E-state index in [1.165, 1.54) is 15.9 Å². The Kier molecular flexibility index (Phi) is 9.91. The molecule has 0 unspecified atom stereocenters. The summed E-state index contributed by atoms with van der Waals surface area (Å²) in [6, 6.07) is 11.4. The van der Waals surface area contributed by atoms with E-state index in [2.05, 4.69) is 26.2 Å². The van der Waals surface area contributed by atoms with Gasteiger partial charge in [-0.2, -0.15) is 0 Å². The minimum Gasteiger partial charge on any atom is -0.497 e. The minimum absolute atomic E-state index is 0.00359. The molecule has 224 valence electrons. The van der Waals surface area contributed by atoms with Crippen LogP contribution in [0.3, 0.4) is 0 Å². The molecule has 42 heavy (non-hydrogen) atoms. The van der Waals surface area contributed by atoms with Gasteiger partial charge in [-0.15, -0.1) is 5.10 Å². The summed E-state index contributed by atoms with van der Waals surface area (Å²) in [5, 5.41) is 26.3. The van der Waals surface area contributed by atoms with Crippen LogP contribution in [0, 0.1) is 5.92 Å². The fraction of sp³-hybridized carbons (Fsp3) is 0.429. The summed E-state index contributed by atoms with van der Waals surface area (Å²) < 4.78 is 12.9. The predicted octanol–water partition coefficient (Wildman–Crippen LogP) is 1.63. The van der Waals surface area contributed by atoms with Gasteiger partial charge in [-0.1, -0.05) is 6.92 Å². The molecule has 0 aliphatic carbocycles. The topological polar surface area (TPSA) is 164 Å². The molecule has 0 bridgehead atoms. The number of urea groups is 1. The van der Waals surface area contributed by atoms with Crippen molar-refractivity contribution >= 4 is 29.2 Å². The van der Waals surface area contributed by atoms with Crippen molar-refractivity contribution in [2.45, 2.75) is 39.0 Å². The number of aromatic nitrogens is 4. The van der Waals surface area contributed by atoms with Crippen LogP contribution < -0.4 is 20.1 Å². The van der Waals surface area contributed by atoms with Crippen LogP contribution in [0.2, 0.25) is 0 Å². The van der Waals surface area contributed by atoms with Crippen LogP contribution in [0.25, 0.3) is 0 Å². The molecule has 0 radical (unpaired) electrons. The van der Waals surface area contributed by atoms with E-state index >= 15 is 0 Å². The molecule has 1 aromatic heterocycles. The number of carbonyl (C=O) groups is 3. The number of tetrazole rings is 1. The molecule has 3 atom stereocenters. The summed E-state index contributed by atoms with van der Waals surface area (Å²) in [7, 11) is 3.24. The number of hydrogen-bond donors (Lipinski definition) is 3. The summed E-state index contributed by atoms with van der Waals surface area (Å²) in [4.78, 5) is 42.1. The number of nitrogens with zero attached hydrogens (tertiary/aromatic N) is 6. The number of methoxy groups -OCH3 is 1. The molecule has 2 heterocycles. The van der Waals surface area contributed by atoms with Crippen molar-refractivity contribution < 1.29 is 29.0 Å². The number of anilines is 2. The number of fused-ring (bicyclic) bond motifs is 1. The van der Waals surface area contributed by atoms with Crippen molar-refractivity contribution in [1.29, 1.82) is 0 Å². The Hall–Kier alpha value is -4.72. The molecule has 0 spiro atoms. The van der Waals surface area contributed by atoms with Gasteiger partial charge >= 0.3 is 6.03 Å². The van der Waals surface area contributed by atoms with Crippen LogP contribution in [0.5, 0.6) is 11.5 Å². The summed E-state index contributed by atoms with van der Waals surface area (Å²) in [5.41, 5.74) is 1.66. The largest absolute Gasteiger partial charge is 0.497 e. The Labute approximate surface area is 243 Å². The third-order valence-electron chi connectivity index (χ3n) is 7.04. The smallest absolute Gasteiger partial charge is 0.321 e. The van der Waals surface area contributed by atoms with E-state index in [1.807, 2.05) is 6.92 Å². The van der Waals surface area contributed by atoms with Gasteiger partial charge in [0.1, 0.15) is 30.5 Å². The number of carbonyl (C=O) groups excluding carboxylic acids is 3. The lowest BCUT2D eigenvalue weighted by atomic mass is 10.0. The third kappa shape index (κ3) is 7.72. The van der Waals surface area contributed by atoms with Crippen molar-refractivity contribution in [1.82, 2.24) is 30.0 Å². The molecular weight excluding hydrogens is 544 g/mol. The lowest BCUT2D eigenvalue weighted by Gasteiger charge is -2.34. The van der Waals surface area contributed by atoms with E-state index in [0.29, 0.717) is 35.0 Å². The number of benzene rings is 2. The Morgan fingerprint density at radius 2 is 1.93 bits per heavy atom. The molecule has 14 heteroatoms. The van der Waals surface area contributed by atoms with Gasteiger partial charge in [0.05, 0.1) is 32.7 Å². The molecule has 1 aliphatic heterocycles. The monoisotopic (exact) mass is 580 g/mol. The maximum absolute atomic E-state index is 13.4. The highest BCUT2D eigenvalue weighted by Crippen LogP contribution is 2.29. The zero-order chi connectivity index (χ0) is 30.2. The summed E-state index contributed by atoms with van der Waals surface area (Å²) in [6.07, 6.45) is 0.849. The van der Waals surface area contributed by atoms with Crippen molar-refractivity contribution in [2.24, 2.45) is 5.92 Å². The quantitative estimate of drug-likeness (QED) is 0.341. The number of amides is 4. The summed E-state index contributed by atoms with van der Waals surface area (Å²) in [5.74, 6) is 0.432. The first kappa shape index (κ1) is 30.2. The molecule has 4 amide bonds. The first-order chi connectivity index (χ1) is 20.2. The van der Waals surface area contributed by atoms with E-state index < -0.39 is 12.1 Å². The standard InChI is InChI=1S/C28H36N8O6/c1-18-13-36(19(2)16-37)27(39)12-20-11-22(30-26(38)15-35-17-29-32-33-35)7-10-24(20)42-25(18)14-34(3)28(40)31-21-5-8-23(41-4)9-6-21/h5-11,17-19,25,37H,12-16H2,1-4H3,(H,30,38)(H,31,40)/t18-,19+,25-/m0/s1. The van der Waals surface area contributed by atoms with Crippen LogP contribution in [-0.2, 0) is 22.6 Å². The van der Waals surface area contributed by atoms with E-state index in [1.54, 1.807) is 68.4 Å². The highest BCUT2D eigenvalue weighted by molar-refractivity contribution is 5.91. The third-order valence-corrected chi connectivity index (χ3v) is 7.04. The SMILES string of the molecule is COc1ccc(NC(=O)N(C)C[C@@H]2Oc3ccc(NC(=O)Cn4cnnn4)cc3CC(=O)N([C@H](C)CO)C[C@@H]2C)cc1. The Bertz CT molecular complexity index is 1370. The van der Waals surface area contributed by atoms with Crippen LogP contribution >= 0.6 is 0 Å². The fourth-order valence-electron chi connectivity index (χ4n) is 4.57. The minimum atomic E-state index is -0.491. The second kappa shape index (κ2) is 13.8. The summed E-state index contributed by atoms with van der Waals surface area (Å²) >= 11 is 0.